The minimum absolute atomic E-state index is 0.469. The molecule has 5 heteroatoms. The van der Waals surface area contributed by atoms with Crippen LogP contribution in [0, 0.1) is 6.92 Å². The Balaban J connectivity index is 2.01. The van der Waals surface area contributed by atoms with Crippen molar-refractivity contribution in [3.05, 3.63) is 126 Å². The Kier molecular flexibility index (Phi) is 7.13. The van der Waals surface area contributed by atoms with Crippen molar-refractivity contribution in [3.8, 4) is 0 Å². The van der Waals surface area contributed by atoms with E-state index in [1.54, 1.807) is 31.9 Å². The Morgan fingerprint density at radius 2 is 1.45 bits per heavy atom. The normalized spacial score (nSPS) is 12.3. The van der Waals surface area contributed by atoms with Crippen LogP contribution in [0.4, 0.5) is 5.69 Å². The van der Waals surface area contributed by atoms with Gasteiger partial charge in [0.05, 0.1) is 12.6 Å². The Labute approximate surface area is 195 Å². The van der Waals surface area contributed by atoms with Gasteiger partial charge in [-0.05, 0) is 36.2 Å². The smallest absolute Gasteiger partial charge is 0.142 e. The lowest BCUT2D eigenvalue weighted by atomic mass is 9.77. The van der Waals surface area contributed by atoms with E-state index in [2.05, 4.69) is 46.1 Å². The first-order valence-corrected chi connectivity index (χ1v) is 11.1. The average Bonchev–Trinajstić information content (AvgIpc) is 2.88. The summed E-state index contributed by atoms with van der Waals surface area (Å²) in [7, 11) is 1.70. The van der Waals surface area contributed by atoms with Crippen LogP contribution in [0.5, 0.6) is 0 Å². The van der Waals surface area contributed by atoms with E-state index in [-0.39, 0.29) is 0 Å². The number of hydrogen-bond acceptors (Lipinski definition) is 5. The molecule has 0 bridgehead atoms. The van der Waals surface area contributed by atoms with Gasteiger partial charge in [-0.1, -0.05) is 60.7 Å². The van der Waals surface area contributed by atoms with E-state index in [1.807, 2.05) is 54.6 Å². The molecule has 5 nitrogen and oxygen atoms in total. The van der Waals surface area contributed by atoms with Crippen molar-refractivity contribution in [3.63, 3.8) is 0 Å². The SMILES string of the molecule is COCCN(c1ccccc1C)C(c1ccccc1)C(O)(c1cccnc1)c1cccnc1. The lowest BCUT2D eigenvalue weighted by Gasteiger charge is -2.45. The number of para-hydroxylation sites is 1. The summed E-state index contributed by atoms with van der Waals surface area (Å²) in [6.07, 6.45) is 6.90. The molecule has 2 heterocycles. The van der Waals surface area contributed by atoms with Crippen molar-refractivity contribution in [1.82, 2.24) is 9.97 Å². The standard InChI is InChI=1S/C28H29N3O2/c1-22-10-6-7-15-26(22)31(18-19-33-2)27(23-11-4-3-5-12-23)28(32,24-13-8-16-29-20-24)25-14-9-17-30-21-25/h3-17,20-21,27,32H,18-19H2,1-2H3. The molecule has 4 aromatic rings. The van der Waals surface area contributed by atoms with E-state index < -0.39 is 11.6 Å². The summed E-state index contributed by atoms with van der Waals surface area (Å²) in [4.78, 5) is 10.9. The fourth-order valence-electron chi connectivity index (χ4n) is 4.40. The van der Waals surface area contributed by atoms with E-state index in [4.69, 9.17) is 4.74 Å². The Hall–Kier alpha value is -3.54. The van der Waals surface area contributed by atoms with Gasteiger partial charge in [-0.2, -0.15) is 0 Å². The summed E-state index contributed by atoms with van der Waals surface area (Å²) in [6, 6.07) is 25.4. The van der Waals surface area contributed by atoms with Crippen LogP contribution in [0.15, 0.2) is 104 Å². The van der Waals surface area contributed by atoms with Gasteiger partial charge < -0.3 is 14.7 Å². The molecule has 168 valence electrons. The molecule has 0 spiro atoms. The maximum absolute atomic E-state index is 12.7. The van der Waals surface area contributed by atoms with Gasteiger partial charge >= 0.3 is 0 Å². The van der Waals surface area contributed by atoms with E-state index >= 15 is 0 Å². The molecule has 2 aromatic carbocycles. The number of rotatable bonds is 9. The van der Waals surface area contributed by atoms with Gasteiger partial charge in [0.2, 0.25) is 0 Å². The van der Waals surface area contributed by atoms with Crippen LogP contribution >= 0.6 is 0 Å². The van der Waals surface area contributed by atoms with Gasteiger partial charge in [0, 0.05) is 55.3 Å². The zero-order valence-electron chi connectivity index (χ0n) is 19.0. The molecule has 0 fully saturated rings. The maximum Gasteiger partial charge on any atom is 0.142 e. The minimum Gasteiger partial charge on any atom is -0.383 e. The average molecular weight is 440 g/mol. The second-order valence-electron chi connectivity index (χ2n) is 8.04. The van der Waals surface area contributed by atoms with Gasteiger partial charge in [-0.3, -0.25) is 9.97 Å². The minimum atomic E-state index is -1.43. The zero-order valence-corrected chi connectivity index (χ0v) is 19.0. The summed E-state index contributed by atoms with van der Waals surface area (Å²) in [5.74, 6) is 0. The number of benzene rings is 2. The summed E-state index contributed by atoms with van der Waals surface area (Å²) in [5, 5.41) is 12.7. The molecule has 0 amide bonds. The number of pyridine rings is 2. The molecule has 1 atom stereocenters. The quantitative estimate of drug-likeness (QED) is 0.401. The van der Waals surface area contributed by atoms with Gasteiger partial charge in [0.1, 0.15) is 5.60 Å². The molecule has 0 saturated heterocycles. The maximum atomic E-state index is 12.7. The molecule has 4 rings (SSSR count). The number of aryl methyl sites for hydroxylation is 1. The number of ether oxygens (including phenoxy) is 1. The first-order chi connectivity index (χ1) is 16.2. The molecule has 0 aliphatic carbocycles. The predicted molar refractivity (Wildman–Crippen MR) is 131 cm³/mol. The van der Waals surface area contributed by atoms with Crippen molar-refractivity contribution in [1.29, 1.82) is 0 Å². The van der Waals surface area contributed by atoms with E-state index in [1.165, 1.54) is 0 Å². The third-order valence-electron chi connectivity index (χ3n) is 5.99. The fourth-order valence-corrected chi connectivity index (χ4v) is 4.40. The zero-order chi connectivity index (χ0) is 23.1. The number of aliphatic hydroxyl groups is 1. The van der Waals surface area contributed by atoms with Crippen molar-refractivity contribution in [2.45, 2.75) is 18.6 Å². The van der Waals surface area contributed by atoms with Gasteiger partial charge in [0.15, 0.2) is 0 Å². The molecule has 0 aliphatic heterocycles. The first-order valence-electron chi connectivity index (χ1n) is 11.1. The van der Waals surface area contributed by atoms with Crippen molar-refractivity contribution in [2.75, 3.05) is 25.2 Å². The number of hydrogen-bond donors (Lipinski definition) is 1. The third-order valence-corrected chi connectivity index (χ3v) is 5.99. The summed E-state index contributed by atoms with van der Waals surface area (Å²) in [5.41, 5.74) is 3.10. The highest BCUT2D eigenvalue weighted by atomic mass is 16.5. The summed E-state index contributed by atoms with van der Waals surface area (Å²) in [6.45, 7) is 3.18. The second-order valence-corrected chi connectivity index (χ2v) is 8.04. The highest BCUT2D eigenvalue weighted by Crippen LogP contribution is 2.46. The van der Waals surface area contributed by atoms with Crippen LogP contribution in [0.1, 0.15) is 28.3 Å². The fraction of sp³-hybridized carbons (Fsp3) is 0.214. The highest BCUT2D eigenvalue weighted by Gasteiger charge is 2.45. The topological polar surface area (TPSA) is 58.5 Å². The molecule has 33 heavy (non-hydrogen) atoms. The number of aromatic nitrogens is 2. The molecule has 0 radical (unpaired) electrons. The molecule has 0 saturated carbocycles. The molecule has 2 aromatic heterocycles. The molecule has 0 aliphatic rings. The van der Waals surface area contributed by atoms with Gasteiger partial charge in [0.25, 0.3) is 0 Å². The van der Waals surface area contributed by atoms with Crippen LogP contribution in [-0.4, -0.2) is 35.3 Å². The van der Waals surface area contributed by atoms with Crippen molar-refractivity contribution >= 4 is 5.69 Å². The lowest BCUT2D eigenvalue weighted by molar-refractivity contribution is 0.0449. The monoisotopic (exact) mass is 439 g/mol. The third kappa shape index (κ3) is 4.65. The predicted octanol–water partition coefficient (Wildman–Crippen LogP) is 4.92. The van der Waals surface area contributed by atoms with Crippen LogP contribution in [0.2, 0.25) is 0 Å². The lowest BCUT2D eigenvalue weighted by Crippen LogP contribution is -2.47. The summed E-state index contributed by atoms with van der Waals surface area (Å²) < 4.78 is 5.50. The Bertz CT molecular complexity index is 1100. The molecular weight excluding hydrogens is 410 g/mol. The van der Waals surface area contributed by atoms with Crippen LogP contribution in [0.25, 0.3) is 0 Å². The second kappa shape index (κ2) is 10.4. The van der Waals surface area contributed by atoms with E-state index in [0.29, 0.717) is 24.3 Å². The van der Waals surface area contributed by atoms with E-state index in [0.717, 1.165) is 16.8 Å². The van der Waals surface area contributed by atoms with Crippen molar-refractivity contribution in [2.24, 2.45) is 0 Å². The van der Waals surface area contributed by atoms with Crippen LogP contribution < -0.4 is 4.90 Å². The Morgan fingerprint density at radius 3 is 2.00 bits per heavy atom. The number of anilines is 1. The number of nitrogens with zero attached hydrogens (tertiary/aromatic N) is 3. The molecular formula is C28H29N3O2. The molecule has 1 unspecified atom stereocenters. The van der Waals surface area contributed by atoms with Crippen LogP contribution in [0.3, 0.4) is 0 Å². The highest BCUT2D eigenvalue weighted by molar-refractivity contribution is 5.57. The Morgan fingerprint density at radius 1 is 0.848 bits per heavy atom. The van der Waals surface area contributed by atoms with Crippen LogP contribution in [-0.2, 0) is 10.3 Å². The first kappa shape index (κ1) is 22.6. The van der Waals surface area contributed by atoms with Crippen molar-refractivity contribution < 1.29 is 9.84 Å². The molecule has 1 N–H and O–H groups in total. The van der Waals surface area contributed by atoms with Gasteiger partial charge in [-0.15, -0.1) is 0 Å². The largest absolute Gasteiger partial charge is 0.383 e. The number of methoxy groups -OCH3 is 1. The van der Waals surface area contributed by atoms with Gasteiger partial charge in [-0.25, -0.2) is 0 Å². The van der Waals surface area contributed by atoms with E-state index in [9.17, 15) is 5.11 Å². The summed E-state index contributed by atoms with van der Waals surface area (Å²) >= 11 is 0.